The Kier molecular flexibility index (Phi) is 5.36. The topological polar surface area (TPSA) is 98.9 Å². The first-order chi connectivity index (χ1) is 11.5. The Morgan fingerprint density at radius 1 is 1.17 bits per heavy atom. The molecular weight excluding hydrogens is 314 g/mol. The molecule has 0 aliphatic heterocycles. The highest BCUT2D eigenvalue weighted by Crippen LogP contribution is 2.32. The van der Waals surface area contributed by atoms with Gasteiger partial charge in [-0.1, -0.05) is 18.2 Å². The first-order valence-electron chi connectivity index (χ1n) is 7.14. The number of methoxy groups -OCH3 is 2. The fraction of sp³-hybridized carbons (Fsp3) is 0.235. The van der Waals surface area contributed by atoms with Crippen LogP contribution in [-0.2, 0) is 11.2 Å². The summed E-state index contributed by atoms with van der Waals surface area (Å²) < 4.78 is 10.3. The van der Waals surface area contributed by atoms with Crippen molar-refractivity contribution in [3.8, 4) is 11.5 Å². The highest BCUT2D eigenvalue weighted by atomic mass is 16.6. The lowest BCUT2D eigenvalue weighted by Crippen LogP contribution is -2.14. The summed E-state index contributed by atoms with van der Waals surface area (Å²) >= 11 is 0. The molecule has 0 heterocycles. The lowest BCUT2D eigenvalue weighted by molar-refractivity contribution is -0.384. The Balaban J connectivity index is 2.35. The number of hydrogen-bond donors (Lipinski definition) is 1. The predicted octanol–water partition coefficient (Wildman–Crippen LogP) is 3.02. The third kappa shape index (κ3) is 3.81. The lowest BCUT2D eigenvalue weighted by Gasteiger charge is -2.15. The van der Waals surface area contributed by atoms with Crippen LogP contribution < -0.4 is 9.47 Å². The van der Waals surface area contributed by atoms with E-state index in [1.54, 1.807) is 30.3 Å². The molecule has 2 rings (SSSR count). The van der Waals surface area contributed by atoms with Crippen LogP contribution in [0.3, 0.4) is 0 Å². The monoisotopic (exact) mass is 331 g/mol. The molecule has 0 amide bonds. The quantitative estimate of drug-likeness (QED) is 0.618. The molecule has 0 fully saturated rings. The van der Waals surface area contributed by atoms with Gasteiger partial charge in [0.2, 0.25) is 0 Å². The van der Waals surface area contributed by atoms with Gasteiger partial charge >= 0.3 is 5.97 Å². The summed E-state index contributed by atoms with van der Waals surface area (Å²) in [6.45, 7) is 0. The molecule has 7 heteroatoms. The average Bonchev–Trinajstić information content (AvgIpc) is 2.59. The highest BCUT2D eigenvalue weighted by Gasteiger charge is 2.22. The van der Waals surface area contributed by atoms with Crippen molar-refractivity contribution in [2.24, 2.45) is 0 Å². The number of aliphatic carboxylic acids is 1. The molecule has 0 saturated carbocycles. The summed E-state index contributed by atoms with van der Waals surface area (Å²) in [6, 6.07) is 10.9. The number of carboxylic acids is 1. The van der Waals surface area contributed by atoms with Crippen LogP contribution in [0, 0.1) is 10.1 Å². The maximum absolute atomic E-state index is 11.7. The van der Waals surface area contributed by atoms with Crippen molar-refractivity contribution in [2.75, 3.05) is 14.2 Å². The number of ether oxygens (including phenoxy) is 2. The van der Waals surface area contributed by atoms with Gasteiger partial charge in [0, 0.05) is 12.1 Å². The minimum Gasteiger partial charge on any atom is -0.493 e. The van der Waals surface area contributed by atoms with Gasteiger partial charge in [-0.25, -0.2) is 0 Å². The second kappa shape index (κ2) is 7.45. The van der Waals surface area contributed by atoms with E-state index in [4.69, 9.17) is 9.47 Å². The number of nitro benzene ring substituents is 1. The SMILES string of the molecule is COc1ccc(C(Cc2cccc([N+](=O)[O-])c2)C(=O)O)cc1OC. The molecule has 2 aromatic rings. The third-order valence-electron chi connectivity index (χ3n) is 3.67. The predicted molar refractivity (Wildman–Crippen MR) is 86.7 cm³/mol. The van der Waals surface area contributed by atoms with Crippen molar-refractivity contribution in [2.45, 2.75) is 12.3 Å². The fourth-order valence-electron chi connectivity index (χ4n) is 2.45. The van der Waals surface area contributed by atoms with E-state index in [0.717, 1.165) is 0 Å². The van der Waals surface area contributed by atoms with Crippen molar-refractivity contribution in [1.29, 1.82) is 0 Å². The zero-order valence-corrected chi connectivity index (χ0v) is 13.3. The van der Waals surface area contributed by atoms with Gasteiger partial charge in [-0.2, -0.15) is 0 Å². The minimum atomic E-state index is -1.02. The molecule has 0 spiro atoms. The van der Waals surface area contributed by atoms with Gasteiger partial charge in [-0.3, -0.25) is 14.9 Å². The standard InChI is InChI=1S/C17H17NO6/c1-23-15-7-6-12(10-16(15)24-2)14(17(19)20)9-11-4-3-5-13(8-11)18(21)22/h3-8,10,14H,9H2,1-2H3,(H,19,20). The molecule has 0 aliphatic rings. The highest BCUT2D eigenvalue weighted by molar-refractivity contribution is 5.77. The number of non-ortho nitro benzene ring substituents is 1. The first kappa shape index (κ1) is 17.3. The van der Waals surface area contributed by atoms with Crippen LogP contribution in [0.15, 0.2) is 42.5 Å². The lowest BCUT2D eigenvalue weighted by atomic mass is 9.91. The number of benzene rings is 2. The summed E-state index contributed by atoms with van der Waals surface area (Å²) in [6.07, 6.45) is 0.131. The number of nitro groups is 1. The Morgan fingerprint density at radius 2 is 1.88 bits per heavy atom. The van der Waals surface area contributed by atoms with Crippen molar-refractivity contribution >= 4 is 11.7 Å². The number of carboxylic acid groups (broad SMARTS) is 1. The Morgan fingerprint density at radius 3 is 2.46 bits per heavy atom. The Bertz CT molecular complexity index is 758. The number of rotatable bonds is 7. The summed E-state index contributed by atoms with van der Waals surface area (Å²) in [4.78, 5) is 22.0. The van der Waals surface area contributed by atoms with Crippen LogP contribution >= 0.6 is 0 Å². The number of hydrogen-bond acceptors (Lipinski definition) is 5. The van der Waals surface area contributed by atoms with Gasteiger partial charge in [0.15, 0.2) is 11.5 Å². The summed E-state index contributed by atoms with van der Waals surface area (Å²) in [5.74, 6) is -0.943. The van der Waals surface area contributed by atoms with Gasteiger partial charge in [-0.15, -0.1) is 0 Å². The largest absolute Gasteiger partial charge is 0.493 e. The van der Waals surface area contributed by atoms with Crippen molar-refractivity contribution in [3.63, 3.8) is 0 Å². The van der Waals surface area contributed by atoms with E-state index in [1.807, 2.05) is 0 Å². The molecule has 0 saturated heterocycles. The van der Waals surface area contributed by atoms with E-state index in [9.17, 15) is 20.0 Å². The van der Waals surface area contributed by atoms with Gasteiger partial charge in [0.25, 0.3) is 5.69 Å². The van der Waals surface area contributed by atoms with Crippen molar-refractivity contribution < 1.29 is 24.3 Å². The molecule has 7 nitrogen and oxygen atoms in total. The van der Waals surface area contributed by atoms with Gasteiger partial charge in [0.05, 0.1) is 25.1 Å². The minimum absolute atomic E-state index is 0.0658. The van der Waals surface area contributed by atoms with E-state index >= 15 is 0 Å². The van der Waals surface area contributed by atoms with E-state index in [0.29, 0.717) is 22.6 Å². The maximum atomic E-state index is 11.7. The van der Waals surface area contributed by atoms with Crippen LogP contribution in [0.5, 0.6) is 11.5 Å². The summed E-state index contributed by atoms with van der Waals surface area (Å²) in [5, 5.41) is 20.4. The zero-order chi connectivity index (χ0) is 17.7. The molecular formula is C17H17NO6. The Hall–Kier alpha value is -3.09. The van der Waals surface area contributed by atoms with Crippen LogP contribution in [0.2, 0.25) is 0 Å². The zero-order valence-electron chi connectivity index (χ0n) is 13.3. The van der Waals surface area contributed by atoms with Crippen LogP contribution in [0.1, 0.15) is 17.0 Å². The third-order valence-corrected chi connectivity index (χ3v) is 3.67. The number of carbonyl (C=O) groups is 1. The molecule has 0 radical (unpaired) electrons. The smallest absolute Gasteiger partial charge is 0.311 e. The molecule has 126 valence electrons. The van der Waals surface area contributed by atoms with E-state index in [2.05, 4.69) is 0 Å². The van der Waals surface area contributed by atoms with E-state index < -0.39 is 16.8 Å². The van der Waals surface area contributed by atoms with Crippen molar-refractivity contribution in [1.82, 2.24) is 0 Å². The van der Waals surface area contributed by atoms with Crippen molar-refractivity contribution in [3.05, 3.63) is 63.7 Å². The number of nitrogens with zero attached hydrogens (tertiary/aromatic N) is 1. The van der Waals surface area contributed by atoms with E-state index in [-0.39, 0.29) is 12.1 Å². The molecule has 0 bridgehead atoms. The van der Waals surface area contributed by atoms with Gasteiger partial charge < -0.3 is 14.6 Å². The van der Waals surface area contributed by atoms with Gasteiger partial charge in [0.1, 0.15) is 0 Å². The van der Waals surface area contributed by atoms with Crippen LogP contribution in [0.4, 0.5) is 5.69 Å². The Labute approximate surface area is 138 Å². The normalized spacial score (nSPS) is 11.6. The van der Waals surface area contributed by atoms with E-state index in [1.165, 1.54) is 26.4 Å². The average molecular weight is 331 g/mol. The summed E-state index contributed by atoms with van der Waals surface area (Å²) in [5.41, 5.74) is 1.04. The van der Waals surface area contributed by atoms with Gasteiger partial charge in [-0.05, 0) is 29.7 Å². The second-order valence-corrected chi connectivity index (χ2v) is 5.14. The second-order valence-electron chi connectivity index (χ2n) is 5.14. The molecule has 0 aliphatic carbocycles. The first-order valence-corrected chi connectivity index (χ1v) is 7.14. The summed E-state index contributed by atoms with van der Waals surface area (Å²) in [7, 11) is 2.97. The molecule has 2 aromatic carbocycles. The molecule has 1 atom stereocenters. The van der Waals surface area contributed by atoms with Crippen LogP contribution in [-0.4, -0.2) is 30.2 Å². The molecule has 1 unspecified atom stereocenters. The molecule has 1 N–H and O–H groups in total. The molecule has 0 aromatic heterocycles. The fourth-order valence-corrected chi connectivity index (χ4v) is 2.45. The van der Waals surface area contributed by atoms with Crippen LogP contribution in [0.25, 0.3) is 0 Å². The maximum Gasteiger partial charge on any atom is 0.311 e. The molecule has 24 heavy (non-hydrogen) atoms.